The van der Waals surface area contributed by atoms with Gasteiger partial charge in [-0.25, -0.2) is 19.7 Å². The van der Waals surface area contributed by atoms with Gasteiger partial charge in [0.1, 0.15) is 5.52 Å². The fourth-order valence-corrected chi connectivity index (χ4v) is 5.61. The number of aliphatic hydroxyl groups is 1. The van der Waals surface area contributed by atoms with E-state index in [-0.39, 0.29) is 6.04 Å². The number of aliphatic hydroxyl groups excluding tert-OH is 1. The van der Waals surface area contributed by atoms with E-state index in [1.54, 1.807) is 6.33 Å². The molecule has 1 saturated heterocycles. The molecule has 3 N–H and O–H groups in total. The Morgan fingerprint density at radius 1 is 1.25 bits per heavy atom. The monoisotopic (exact) mass is 457 g/mol. The highest BCUT2D eigenvalue weighted by Crippen LogP contribution is 2.37. The number of benzene rings is 1. The van der Waals surface area contributed by atoms with Crippen molar-refractivity contribution in [2.24, 2.45) is 0 Å². The van der Waals surface area contributed by atoms with Gasteiger partial charge in [0.25, 0.3) is 10.2 Å². The molecule has 3 aromatic rings. The van der Waals surface area contributed by atoms with Crippen LogP contribution in [0.25, 0.3) is 22.6 Å². The summed E-state index contributed by atoms with van der Waals surface area (Å²) in [5.74, 6) is 1.18. The summed E-state index contributed by atoms with van der Waals surface area (Å²) >= 11 is 0. The van der Waals surface area contributed by atoms with E-state index in [1.165, 1.54) is 11.4 Å². The highest BCUT2D eigenvalue weighted by Gasteiger charge is 2.31. The van der Waals surface area contributed by atoms with Gasteiger partial charge in [-0.05, 0) is 37.3 Å². The van der Waals surface area contributed by atoms with Crippen LogP contribution in [-0.2, 0) is 23.2 Å². The molecule has 0 spiro atoms. The van der Waals surface area contributed by atoms with Gasteiger partial charge >= 0.3 is 0 Å². The van der Waals surface area contributed by atoms with Crippen LogP contribution in [0.4, 0.5) is 5.82 Å². The minimum Gasteiger partial charge on any atom is -0.388 e. The van der Waals surface area contributed by atoms with E-state index in [4.69, 9.17) is 9.97 Å². The van der Waals surface area contributed by atoms with Crippen molar-refractivity contribution in [3.63, 3.8) is 0 Å². The van der Waals surface area contributed by atoms with Crippen molar-refractivity contribution in [3.05, 3.63) is 35.7 Å². The number of fused-ring (bicyclic) bond motifs is 2. The van der Waals surface area contributed by atoms with Crippen molar-refractivity contribution in [1.29, 1.82) is 0 Å². The van der Waals surface area contributed by atoms with Gasteiger partial charge in [-0.3, -0.25) is 0 Å². The largest absolute Gasteiger partial charge is 0.388 e. The Balaban J connectivity index is 1.55. The summed E-state index contributed by atoms with van der Waals surface area (Å²) in [6.07, 6.45) is 3.45. The standard InChI is InChI=1S/C21H27N7O3S/c1-3-27-12-23-18-20(24-13-9-10-28(11-13)32(30,31)22-2)25-19(26-21(18)27)16-6-4-5-15-14(16)7-8-17(15)29/h4-6,12-13,17,22,29H,3,7-11H2,1-2H3,(H,24,25,26)/t13-,17-/m0/s1. The molecule has 32 heavy (non-hydrogen) atoms. The molecule has 0 radical (unpaired) electrons. The quantitative estimate of drug-likeness (QED) is 0.511. The van der Waals surface area contributed by atoms with Crippen molar-refractivity contribution >= 4 is 27.2 Å². The van der Waals surface area contributed by atoms with Crippen molar-refractivity contribution in [2.45, 2.75) is 44.9 Å². The molecule has 1 aromatic carbocycles. The number of nitrogens with one attached hydrogen (secondary N) is 2. The number of nitrogens with zero attached hydrogens (tertiary/aromatic N) is 5. The summed E-state index contributed by atoms with van der Waals surface area (Å²) in [5.41, 5.74) is 4.33. The molecule has 0 unspecified atom stereocenters. The average Bonchev–Trinajstić information content (AvgIpc) is 3.52. The Bertz CT molecular complexity index is 1270. The van der Waals surface area contributed by atoms with Crippen molar-refractivity contribution in [2.75, 3.05) is 25.5 Å². The van der Waals surface area contributed by atoms with Gasteiger partial charge in [0.05, 0.1) is 12.4 Å². The molecule has 3 heterocycles. The Morgan fingerprint density at radius 2 is 2.09 bits per heavy atom. The zero-order valence-electron chi connectivity index (χ0n) is 18.1. The summed E-state index contributed by atoms with van der Waals surface area (Å²) in [7, 11) is -2.04. The zero-order chi connectivity index (χ0) is 22.5. The first-order valence-electron chi connectivity index (χ1n) is 10.9. The zero-order valence-corrected chi connectivity index (χ0v) is 18.9. The number of rotatable bonds is 6. The third-order valence-electron chi connectivity index (χ3n) is 6.37. The molecule has 5 rings (SSSR count). The van der Waals surface area contributed by atoms with Crippen molar-refractivity contribution in [3.8, 4) is 11.4 Å². The molecular formula is C21H27N7O3S. The van der Waals surface area contributed by atoms with Crippen molar-refractivity contribution < 1.29 is 13.5 Å². The Hall–Kier alpha value is -2.60. The molecule has 0 amide bonds. The van der Waals surface area contributed by atoms with Gasteiger partial charge in [0.2, 0.25) is 0 Å². The third kappa shape index (κ3) is 3.54. The molecule has 1 fully saturated rings. The maximum Gasteiger partial charge on any atom is 0.279 e. The molecule has 1 aliphatic carbocycles. The van der Waals surface area contributed by atoms with E-state index < -0.39 is 16.3 Å². The topological polar surface area (TPSA) is 125 Å². The van der Waals surface area contributed by atoms with Gasteiger partial charge < -0.3 is 15.0 Å². The second kappa shape index (κ2) is 8.07. The number of aromatic nitrogens is 4. The highest BCUT2D eigenvalue weighted by molar-refractivity contribution is 7.87. The van der Waals surface area contributed by atoms with Crippen LogP contribution in [0.3, 0.4) is 0 Å². The van der Waals surface area contributed by atoms with E-state index in [0.29, 0.717) is 43.1 Å². The maximum absolute atomic E-state index is 12.2. The van der Waals surface area contributed by atoms with Gasteiger partial charge in [0, 0.05) is 38.3 Å². The van der Waals surface area contributed by atoms with Crippen LogP contribution in [0.5, 0.6) is 0 Å². The average molecular weight is 458 g/mol. The Morgan fingerprint density at radius 3 is 2.88 bits per heavy atom. The minimum atomic E-state index is -3.46. The fourth-order valence-electron chi connectivity index (χ4n) is 4.63. The van der Waals surface area contributed by atoms with Gasteiger partial charge in [0.15, 0.2) is 17.3 Å². The lowest BCUT2D eigenvalue weighted by molar-refractivity contribution is 0.180. The Labute approximate surface area is 186 Å². The lowest BCUT2D eigenvalue weighted by Gasteiger charge is -2.17. The van der Waals surface area contributed by atoms with Crippen LogP contribution in [-0.4, -0.2) is 63.5 Å². The lowest BCUT2D eigenvalue weighted by atomic mass is 10.0. The second-order valence-electron chi connectivity index (χ2n) is 8.22. The first kappa shape index (κ1) is 21.3. The van der Waals surface area contributed by atoms with Gasteiger partial charge in [-0.2, -0.15) is 12.7 Å². The molecular weight excluding hydrogens is 430 g/mol. The molecule has 10 nitrogen and oxygen atoms in total. The van der Waals surface area contributed by atoms with Crippen LogP contribution in [0.15, 0.2) is 24.5 Å². The normalized spacial score (nSPS) is 21.3. The SMILES string of the molecule is CCn1cnc2c(N[C@H]3CCN(S(=O)(=O)NC)C3)nc(-c3cccc4c3CC[C@@H]4O)nc21. The smallest absolute Gasteiger partial charge is 0.279 e. The number of hydrogen-bond acceptors (Lipinski definition) is 7. The molecule has 2 aromatic heterocycles. The summed E-state index contributed by atoms with van der Waals surface area (Å²) in [6, 6.07) is 5.79. The number of imidazole rings is 1. The second-order valence-corrected chi connectivity index (χ2v) is 10.1. The van der Waals surface area contributed by atoms with E-state index in [2.05, 4.69) is 15.0 Å². The van der Waals surface area contributed by atoms with Crippen LogP contribution in [0.1, 0.15) is 37.0 Å². The van der Waals surface area contributed by atoms with Gasteiger partial charge in [-0.1, -0.05) is 18.2 Å². The number of hydrogen-bond donors (Lipinski definition) is 3. The highest BCUT2D eigenvalue weighted by atomic mass is 32.2. The number of aryl methyl sites for hydroxylation is 1. The first-order valence-corrected chi connectivity index (χ1v) is 12.3. The molecule has 2 aliphatic rings. The lowest BCUT2D eigenvalue weighted by Crippen LogP contribution is -2.38. The first-order chi connectivity index (χ1) is 15.4. The van der Waals surface area contributed by atoms with Crippen LogP contribution < -0.4 is 10.0 Å². The number of anilines is 1. The van der Waals surface area contributed by atoms with E-state index in [9.17, 15) is 13.5 Å². The Kier molecular flexibility index (Phi) is 5.36. The molecule has 11 heteroatoms. The van der Waals surface area contributed by atoms with Crippen LogP contribution in [0, 0.1) is 0 Å². The summed E-state index contributed by atoms with van der Waals surface area (Å²) in [6.45, 7) is 3.54. The molecule has 170 valence electrons. The summed E-state index contributed by atoms with van der Waals surface area (Å²) in [5, 5.41) is 13.7. The fraction of sp³-hybridized carbons (Fsp3) is 0.476. The molecule has 0 saturated carbocycles. The third-order valence-corrected chi connectivity index (χ3v) is 7.90. The summed E-state index contributed by atoms with van der Waals surface area (Å²) < 4.78 is 30.1. The molecule has 0 bridgehead atoms. The van der Waals surface area contributed by atoms with Crippen LogP contribution in [0.2, 0.25) is 0 Å². The maximum atomic E-state index is 12.2. The minimum absolute atomic E-state index is 0.0841. The van der Waals surface area contributed by atoms with Crippen molar-refractivity contribution in [1.82, 2.24) is 28.5 Å². The van der Waals surface area contributed by atoms with Crippen LogP contribution >= 0.6 is 0 Å². The predicted molar refractivity (Wildman–Crippen MR) is 121 cm³/mol. The van der Waals surface area contributed by atoms with E-state index >= 15 is 0 Å². The van der Waals surface area contributed by atoms with Gasteiger partial charge in [-0.15, -0.1) is 0 Å². The van der Waals surface area contributed by atoms with E-state index in [1.807, 2.05) is 29.7 Å². The predicted octanol–water partition coefficient (Wildman–Crippen LogP) is 1.44. The van der Waals surface area contributed by atoms with E-state index in [0.717, 1.165) is 35.3 Å². The molecule has 1 aliphatic heterocycles. The summed E-state index contributed by atoms with van der Waals surface area (Å²) in [4.78, 5) is 14.2. The molecule has 2 atom stereocenters.